The van der Waals surface area contributed by atoms with Crippen molar-refractivity contribution < 1.29 is 23.9 Å². The molecule has 7 rings (SSSR count). The van der Waals surface area contributed by atoms with E-state index < -0.39 is 6.04 Å². The van der Waals surface area contributed by atoms with Crippen LogP contribution in [0.1, 0.15) is 69.0 Å². The van der Waals surface area contributed by atoms with Crippen molar-refractivity contribution >= 4 is 40.8 Å². The van der Waals surface area contributed by atoms with E-state index in [2.05, 4.69) is 26.7 Å². The first-order chi connectivity index (χ1) is 20.4. The number of anilines is 1. The first-order valence-corrected chi connectivity index (χ1v) is 15.2. The van der Waals surface area contributed by atoms with Crippen molar-refractivity contribution in [3.63, 3.8) is 0 Å². The second kappa shape index (κ2) is 11.0. The molecule has 0 aliphatic carbocycles. The number of piperidine rings is 2. The molecule has 1 unspecified atom stereocenters. The van der Waals surface area contributed by atoms with Crippen LogP contribution < -0.4 is 15.0 Å². The highest BCUT2D eigenvalue weighted by Crippen LogP contribution is 2.34. The minimum atomic E-state index is -0.597. The van der Waals surface area contributed by atoms with Crippen molar-refractivity contribution in [2.24, 2.45) is 0 Å². The van der Waals surface area contributed by atoms with Crippen LogP contribution >= 0.6 is 11.5 Å². The Hall–Kier alpha value is -4.09. The maximum Gasteiger partial charge on any atom is 0.262 e. The fourth-order valence-electron chi connectivity index (χ4n) is 6.57. The van der Waals surface area contributed by atoms with Crippen LogP contribution in [0, 0.1) is 0 Å². The van der Waals surface area contributed by atoms with Crippen molar-refractivity contribution in [2.45, 2.75) is 50.7 Å². The molecule has 5 heterocycles. The average Bonchev–Trinajstić information content (AvgIpc) is 3.60. The summed E-state index contributed by atoms with van der Waals surface area (Å²) in [6, 6.07) is 11.4. The maximum absolute atomic E-state index is 13.4. The van der Waals surface area contributed by atoms with Gasteiger partial charge in [-0.05, 0) is 84.7 Å². The van der Waals surface area contributed by atoms with Crippen LogP contribution in [0.5, 0.6) is 5.75 Å². The van der Waals surface area contributed by atoms with E-state index in [1.165, 1.54) is 17.1 Å². The largest absolute Gasteiger partial charge is 0.491 e. The fourth-order valence-corrected chi connectivity index (χ4v) is 7.10. The van der Waals surface area contributed by atoms with E-state index in [1.54, 1.807) is 16.0 Å². The zero-order chi connectivity index (χ0) is 28.8. The van der Waals surface area contributed by atoms with Gasteiger partial charge in [0.1, 0.15) is 18.4 Å². The number of likely N-dealkylation sites (tertiary alicyclic amines) is 1. The Balaban J connectivity index is 0.989. The van der Waals surface area contributed by atoms with Gasteiger partial charge >= 0.3 is 0 Å². The smallest absolute Gasteiger partial charge is 0.262 e. The predicted molar refractivity (Wildman–Crippen MR) is 155 cm³/mol. The molecule has 216 valence electrons. The quantitative estimate of drug-likeness (QED) is 0.457. The second-order valence-corrected chi connectivity index (χ2v) is 12.0. The number of hydrogen-bond acceptors (Lipinski definition) is 8. The minimum absolute atomic E-state index is 0.0606. The lowest BCUT2D eigenvalue weighted by molar-refractivity contribution is -0.136. The summed E-state index contributed by atoms with van der Waals surface area (Å²) in [4.78, 5) is 56.1. The lowest BCUT2D eigenvalue weighted by Crippen LogP contribution is -2.52. The zero-order valence-corrected chi connectivity index (χ0v) is 23.9. The van der Waals surface area contributed by atoms with E-state index in [1.807, 2.05) is 29.6 Å². The van der Waals surface area contributed by atoms with Crippen molar-refractivity contribution in [3.05, 3.63) is 75.8 Å². The average molecular weight is 586 g/mol. The van der Waals surface area contributed by atoms with E-state index in [0.717, 1.165) is 49.3 Å². The number of carbonyl (C=O) groups excluding carboxylic acids is 4. The van der Waals surface area contributed by atoms with Gasteiger partial charge in [-0.15, -0.1) is 0 Å². The number of benzene rings is 2. The molecule has 3 aromatic rings. The molecule has 2 fully saturated rings. The SMILES string of the molecule is O=C1CCC(N2Cc3cc(C4CCN(Cc5ccc6c(c5)C(=O)N(c5cnsc5)CCO6)CC4)ccc3C2=O)C(=O)N1. The third-order valence-corrected chi connectivity index (χ3v) is 9.41. The molecule has 0 saturated carbocycles. The summed E-state index contributed by atoms with van der Waals surface area (Å²) in [5, 5.41) is 4.24. The van der Waals surface area contributed by atoms with Crippen LogP contribution in [-0.2, 0) is 22.7 Å². The monoisotopic (exact) mass is 585 g/mol. The van der Waals surface area contributed by atoms with E-state index >= 15 is 0 Å². The summed E-state index contributed by atoms with van der Waals surface area (Å²) in [6.45, 7) is 3.93. The van der Waals surface area contributed by atoms with Gasteiger partial charge in [-0.2, -0.15) is 4.37 Å². The Kier molecular flexibility index (Phi) is 6.99. The molecule has 4 aliphatic heterocycles. The highest BCUT2D eigenvalue weighted by atomic mass is 32.1. The number of carbonyl (C=O) groups is 4. The molecule has 4 amide bonds. The molecule has 10 nitrogen and oxygen atoms in total. The molecule has 1 atom stereocenters. The number of amides is 4. The zero-order valence-electron chi connectivity index (χ0n) is 23.1. The standard InChI is InChI=1S/C31H31N5O5S/c37-28-6-4-26(29(38)33-28)36-17-22-14-21(2-3-24(22)30(36)39)20-7-9-34(10-8-20)16-19-1-5-27-25(13-19)31(40)35(11-12-41-27)23-15-32-42-18-23/h1-3,5,13-15,18,20,26H,4,6-12,16-17H2,(H,33,37,38). The van der Waals surface area contributed by atoms with Gasteiger partial charge in [-0.25, -0.2) is 0 Å². The van der Waals surface area contributed by atoms with E-state index in [0.29, 0.717) is 48.9 Å². The highest BCUT2D eigenvalue weighted by molar-refractivity contribution is 7.04. The van der Waals surface area contributed by atoms with E-state index in [9.17, 15) is 19.2 Å². The Morgan fingerprint density at radius 2 is 1.81 bits per heavy atom. The van der Waals surface area contributed by atoms with Crippen molar-refractivity contribution in [2.75, 3.05) is 31.1 Å². The molecule has 2 saturated heterocycles. The molecule has 0 spiro atoms. The Morgan fingerprint density at radius 3 is 2.60 bits per heavy atom. The van der Waals surface area contributed by atoms with Crippen molar-refractivity contribution in [1.29, 1.82) is 0 Å². The number of rotatable bonds is 5. The van der Waals surface area contributed by atoms with Gasteiger partial charge in [0.15, 0.2) is 0 Å². The third kappa shape index (κ3) is 4.96. The summed E-state index contributed by atoms with van der Waals surface area (Å²) >= 11 is 1.33. The fraction of sp³-hybridized carbons (Fsp3) is 0.387. The molecule has 1 aromatic heterocycles. The number of ether oxygens (including phenoxy) is 1. The second-order valence-electron chi connectivity index (χ2n) is 11.4. The maximum atomic E-state index is 13.4. The molecule has 4 aliphatic rings. The van der Waals surface area contributed by atoms with Crippen LogP contribution in [0.4, 0.5) is 5.69 Å². The van der Waals surface area contributed by atoms with Crippen LogP contribution in [0.2, 0.25) is 0 Å². The topological polar surface area (TPSA) is 112 Å². The number of nitrogens with one attached hydrogen (secondary N) is 1. The first-order valence-electron chi connectivity index (χ1n) is 14.4. The van der Waals surface area contributed by atoms with Crippen LogP contribution in [0.3, 0.4) is 0 Å². The number of fused-ring (bicyclic) bond motifs is 2. The van der Waals surface area contributed by atoms with Gasteiger partial charge in [-0.1, -0.05) is 18.2 Å². The molecular weight excluding hydrogens is 554 g/mol. The van der Waals surface area contributed by atoms with E-state index in [4.69, 9.17) is 4.74 Å². The normalized spacial score (nSPS) is 21.6. The van der Waals surface area contributed by atoms with Gasteiger partial charge in [0.2, 0.25) is 11.8 Å². The number of hydrogen-bond donors (Lipinski definition) is 1. The molecule has 42 heavy (non-hydrogen) atoms. The number of nitrogens with zero attached hydrogens (tertiary/aromatic N) is 4. The summed E-state index contributed by atoms with van der Waals surface area (Å²) in [7, 11) is 0. The lowest BCUT2D eigenvalue weighted by atomic mass is 9.87. The number of aromatic nitrogens is 1. The van der Waals surface area contributed by atoms with Crippen LogP contribution in [-0.4, -0.2) is 70.1 Å². The van der Waals surface area contributed by atoms with E-state index in [-0.39, 0.29) is 30.0 Å². The van der Waals surface area contributed by atoms with Crippen molar-refractivity contribution in [1.82, 2.24) is 19.5 Å². The Labute approximate surface area is 247 Å². The van der Waals surface area contributed by atoms with Gasteiger partial charge in [0.05, 0.1) is 24.0 Å². The third-order valence-electron chi connectivity index (χ3n) is 8.84. The highest BCUT2D eigenvalue weighted by Gasteiger charge is 2.39. The molecule has 0 bridgehead atoms. The van der Waals surface area contributed by atoms with Gasteiger partial charge in [0.25, 0.3) is 11.8 Å². The van der Waals surface area contributed by atoms with Crippen molar-refractivity contribution in [3.8, 4) is 5.75 Å². The van der Waals surface area contributed by atoms with Crippen LogP contribution in [0.15, 0.2) is 48.0 Å². The van der Waals surface area contributed by atoms with Gasteiger partial charge in [-0.3, -0.25) is 29.4 Å². The van der Waals surface area contributed by atoms with Crippen LogP contribution in [0.25, 0.3) is 0 Å². The molecule has 1 N–H and O–H groups in total. The first kappa shape index (κ1) is 26.8. The summed E-state index contributed by atoms with van der Waals surface area (Å²) in [6.07, 6.45) is 4.33. The number of imide groups is 1. The van der Waals surface area contributed by atoms with Gasteiger partial charge in [0, 0.05) is 30.5 Å². The molecule has 0 radical (unpaired) electrons. The summed E-state index contributed by atoms with van der Waals surface area (Å²) in [5.74, 6) is 0.149. The molecule has 2 aromatic carbocycles. The Bertz CT molecular complexity index is 1570. The predicted octanol–water partition coefficient (Wildman–Crippen LogP) is 3.32. The lowest BCUT2D eigenvalue weighted by Gasteiger charge is -2.32. The Morgan fingerprint density at radius 1 is 0.952 bits per heavy atom. The molecular formula is C31H31N5O5S. The molecule has 11 heteroatoms. The van der Waals surface area contributed by atoms with Gasteiger partial charge < -0.3 is 14.5 Å². The summed E-state index contributed by atoms with van der Waals surface area (Å²) in [5.41, 5.74) is 5.30. The minimum Gasteiger partial charge on any atom is -0.491 e. The summed E-state index contributed by atoms with van der Waals surface area (Å²) < 4.78 is 10.0.